The Morgan fingerprint density at radius 3 is 2.45 bits per heavy atom. The molecule has 0 saturated carbocycles. The quantitative estimate of drug-likeness (QED) is 0.439. The van der Waals surface area contributed by atoms with Gasteiger partial charge in [-0.1, -0.05) is 43.7 Å². The lowest BCUT2D eigenvalue weighted by molar-refractivity contribution is 1.65. The second-order valence-corrected chi connectivity index (χ2v) is 2.37. The van der Waals surface area contributed by atoms with Gasteiger partial charge in [0.25, 0.3) is 0 Å². The van der Waals surface area contributed by atoms with Gasteiger partial charge in [0.15, 0.2) is 7.28 Å². The highest BCUT2D eigenvalue weighted by atomic mass is 13.9. The Morgan fingerprint density at radius 1 is 1.36 bits per heavy atom. The van der Waals surface area contributed by atoms with E-state index >= 15 is 0 Å². The molecule has 1 heteroatoms. The Morgan fingerprint density at radius 2 is 2.00 bits per heavy atom. The standard InChI is InChI=1S/C10H11B/c1-3-10(11-2)9-7-5-4-6-8-9/h4-8,11H,1H2,2H3. The van der Waals surface area contributed by atoms with Gasteiger partial charge in [0, 0.05) is 0 Å². The first-order valence-electron chi connectivity index (χ1n) is 3.82. The van der Waals surface area contributed by atoms with E-state index in [1.807, 2.05) is 18.2 Å². The fraction of sp³-hybridized carbons (Fsp3) is 0.100. The lowest BCUT2D eigenvalue weighted by Crippen LogP contribution is -1.87. The minimum absolute atomic E-state index is 0.994. The molecule has 1 aromatic carbocycles. The normalized spacial score (nSPS) is 8.45. The van der Waals surface area contributed by atoms with Gasteiger partial charge < -0.3 is 0 Å². The van der Waals surface area contributed by atoms with Crippen molar-refractivity contribution in [3.63, 3.8) is 0 Å². The fourth-order valence-corrected chi connectivity index (χ4v) is 1.07. The van der Waals surface area contributed by atoms with Crippen LogP contribution in [0.4, 0.5) is 0 Å². The van der Waals surface area contributed by atoms with Crippen molar-refractivity contribution in [1.29, 1.82) is 0 Å². The average Bonchev–Trinajstić information content (AvgIpc) is 2.09. The van der Waals surface area contributed by atoms with E-state index in [2.05, 4.69) is 31.3 Å². The smallest absolute Gasteiger partial charge is 0.135 e. The molecule has 0 amide bonds. The zero-order chi connectivity index (χ0) is 8.10. The third-order valence-electron chi connectivity index (χ3n) is 1.69. The molecule has 0 bridgehead atoms. The Labute approximate surface area is 68.5 Å². The molecule has 1 aromatic rings. The van der Waals surface area contributed by atoms with E-state index in [4.69, 9.17) is 0 Å². The van der Waals surface area contributed by atoms with Crippen LogP contribution < -0.4 is 0 Å². The van der Waals surface area contributed by atoms with E-state index in [0.29, 0.717) is 0 Å². The topological polar surface area (TPSA) is 0 Å². The average molecular weight is 142 g/mol. The predicted molar refractivity (Wildman–Crippen MR) is 52.0 cm³/mol. The summed E-state index contributed by atoms with van der Waals surface area (Å²) in [4.78, 5) is 0. The van der Waals surface area contributed by atoms with Gasteiger partial charge in [-0.05, 0) is 11.0 Å². The van der Waals surface area contributed by atoms with E-state index < -0.39 is 0 Å². The summed E-state index contributed by atoms with van der Waals surface area (Å²) in [5.74, 6) is 0. The highest BCUT2D eigenvalue weighted by molar-refractivity contribution is 6.59. The van der Waals surface area contributed by atoms with Crippen molar-refractivity contribution < 1.29 is 0 Å². The highest BCUT2D eigenvalue weighted by Gasteiger charge is 1.95. The number of rotatable bonds is 2. The van der Waals surface area contributed by atoms with Crippen molar-refractivity contribution in [3.8, 4) is 0 Å². The molecule has 0 aromatic heterocycles. The monoisotopic (exact) mass is 142 g/mol. The van der Waals surface area contributed by atoms with Crippen molar-refractivity contribution >= 4 is 12.8 Å². The Kier molecular flexibility index (Phi) is 2.77. The van der Waals surface area contributed by atoms with Crippen molar-refractivity contribution in [3.05, 3.63) is 48.2 Å². The Bertz CT molecular complexity index is 268. The van der Waals surface area contributed by atoms with Crippen LogP contribution in [0.5, 0.6) is 0 Å². The maximum absolute atomic E-state index is 3.65. The summed E-state index contributed by atoms with van der Waals surface area (Å²) < 4.78 is 0. The summed E-state index contributed by atoms with van der Waals surface area (Å²) in [6.45, 7) is 5.76. The van der Waals surface area contributed by atoms with Crippen LogP contribution in [0.15, 0.2) is 42.6 Å². The summed E-state index contributed by atoms with van der Waals surface area (Å²) in [7, 11) is 0.994. The molecule has 54 valence electrons. The van der Waals surface area contributed by atoms with Gasteiger partial charge in [0.05, 0.1) is 0 Å². The van der Waals surface area contributed by atoms with E-state index in [1.54, 1.807) is 0 Å². The van der Waals surface area contributed by atoms with Gasteiger partial charge in [0.1, 0.15) is 0 Å². The van der Waals surface area contributed by atoms with Crippen LogP contribution in [0.2, 0.25) is 6.82 Å². The molecule has 0 unspecified atom stereocenters. The highest BCUT2D eigenvalue weighted by Crippen LogP contribution is 2.09. The van der Waals surface area contributed by atoms with Crippen LogP contribution >= 0.6 is 0 Å². The van der Waals surface area contributed by atoms with Crippen molar-refractivity contribution in [1.82, 2.24) is 0 Å². The van der Waals surface area contributed by atoms with Crippen LogP contribution in [0.25, 0.3) is 5.47 Å². The third-order valence-corrected chi connectivity index (χ3v) is 1.69. The molecule has 0 spiro atoms. The van der Waals surface area contributed by atoms with Gasteiger partial charge in [-0.3, -0.25) is 0 Å². The SMILES string of the molecule is C=C=C(BC)c1ccccc1. The molecule has 0 nitrogen and oxygen atoms in total. The minimum Gasteiger partial charge on any atom is -0.135 e. The summed E-state index contributed by atoms with van der Waals surface area (Å²) in [5, 5.41) is 0. The molecule has 11 heavy (non-hydrogen) atoms. The van der Waals surface area contributed by atoms with Crippen molar-refractivity contribution in [2.75, 3.05) is 0 Å². The summed E-state index contributed by atoms with van der Waals surface area (Å²) in [5.41, 5.74) is 5.35. The van der Waals surface area contributed by atoms with Crippen LogP contribution in [0, 0.1) is 0 Å². The second-order valence-electron chi connectivity index (χ2n) is 2.37. The molecular weight excluding hydrogens is 131 g/mol. The minimum atomic E-state index is 0.994. The van der Waals surface area contributed by atoms with Gasteiger partial charge >= 0.3 is 0 Å². The van der Waals surface area contributed by atoms with Crippen LogP contribution in [-0.4, -0.2) is 7.28 Å². The number of hydrogen-bond acceptors (Lipinski definition) is 0. The maximum Gasteiger partial charge on any atom is 0.165 e. The van der Waals surface area contributed by atoms with Gasteiger partial charge in [-0.2, -0.15) is 0 Å². The Balaban J connectivity index is 3.02. The Hall–Kier alpha value is -1.20. The third kappa shape index (κ3) is 1.86. The predicted octanol–water partition coefficient (Wildman–Crippen LogP) is 2.30. The molecule has 0 saturated heterocycles. The van der Waals surface area contributed by atoms with Crippen molar-refractivity contribution in [2.45, 2.75) is 6.82 Å². The maximum atomic E-state index is 3.65. The van der Waals surface area contributed by atoms with Crippen LogP contribution in [0.1, 0.15) is 5.56 Å². The molecule has 0 fully saturated rings. The molecule has 0 heterocycles. The van der Waals surface area contributed by atoms with Crippen LogP contribution in [-0.2, 0) is 0 Å². The van der Waals surface area contributed by atoms with Gasteiger partial charge in [-0.15, -0.1) is 5.73 Å². The molecule has 0 atom stereocenters. The summed E-state index contributed by atoms with van der Waals surface area (Å²) in [6.07, 6.45) is 0. The van der Waals surface area contributed by atoms with E-state index in [-0.39, 0.29) is 0 Å². The second kappa shape index (κ2) is 3.85. The van der Waals surface area contributed by atoms with E-state index in [0.717, 1.165) is 7.28 Å². The zero-order valence-corrected chi connectivity index (χ0v) is 6.80. The van der Waals surface area contributed by atoms with Gasteiger partial charge in [-0.25, -0.2) is 0 Å². The molecule has 0 aliphatic rings. The molecule has 0 radical (unpaired) electrons. The summed E-state index contributed by atoms with van der Waals surface area (Å²) >= 11 is 0. The molecule has 0 aliphatic carbocycles. The molecule has 1 rings (SSSR count). The lowest BCUT2D eigenvalue weighted by atomic mass is 9.70. The molecule has 0 N–H and O–H groups in total. The molecule has 0 aliphatic heterocycles. The first kappa shape index (κ1) is 7.91. The lowest BCUT2D eigenvalue weighted by Gasteiger charge is -1.98. The first-order chi connectivity index (χ1) is 5.38. The summed E-state index contributed by atoms with van der Waals surface area (Å²) in [6, 6.07) is 10.2. The molecular formula is C10H11B. The zero-order valence-electron chi connectivity index (χ0n) is 6.80. The number of benzene rings is 1. The van der Waals surface area contributed by atoms with E-state index in [1.165, 1.54) is 11.0 Å². The first-order valence-corrected chi connectivity index (χ1v) is 3.82. The largest absolute Gasteiger partial charge is 0.165 e. The van der Waals surface area contributed by atoms with E-state index in [9.17, 15) is 0 Å². The fourth-order valence-electron chi connectivity index (χ4n) is 1.07. The number of hydrogen-bond donors (Lipinski definition) is 0. The van der Waals surface area contributed by atoms with Gasteiger partial charge in [0.2, 0.25) is 0 Å². The van der Waals surface area contributed by atoms with Crippen LogP contribution in [0.3, 0.4) is 0 Å². The van der Waals surface area contributed by atoms with Crippen molar-refractivity contribution in [2.24, 2.45) is 0 Å².